The minimum atomic E-state index is -0.428. The average Bonchev–Trinajstić information content (AvgIpc) is 2.84. The van der Waals surface area contributed by atoms with Gasteiger partial charge in [-0.15, -0.1) is 0 Å². The van der Waals surface area contributed by atoms with Gasteiger partial charge in [0.15, 0.2) is 0 Å². The molecule has 0 saturated carbocycles. The standard InChI is InChI=1S/C16H23BrN2O/c1-11-9-18-7-3-4-14(18)10-19(11)13-5-6-15(12(2)20)16(17)8-13/h5-6,8,11-12,14,20H,3-4,7,9-10H2,1-2H3. The maximum atomic E-state index is 9.73. The summed E-state index contributed by atoms with van der Waals surface area (Å²) in [7, 11) is 0. The first-order valence-electron chi connectivity index (χ1n) is 7.54. The van der Waals surface area contributed by atoms with E-state index in [-0.39, 0.29) is 0 Å². The monoisotopic (exact) mass is 338 g/mol. The van der Waals surface area contributed by atoms with E-state index in [2.05, 4.69) is 44.8 Å². The Labute approximate surface area is 129 Å². The van der Waals surface area contributed by atoms with Crippen LogP contribution in [0.25, 0.3) is 0 Å². The average molecular weight is 339 g/mol. The minimum Gasteiger partial charge on any atom is -0.389 e. The topological polar surface area (TPSA) is 26.7 Å². The fourth-order valence-corrected chi connectivity index (χ4v) is 4.28. The molecule has 0 aliphatic carbocycles. The van der Waals surface area contributed by atoms with Crippen molar-refractivity contribution in [2.75, 3.05) is 24.5 Å². The lowest BCUT2D eigenvalue weighted by molar-refractivity contribution is 0.198. The number of rotatable bonds is 2. The molecule has 110 valence electrons. The lowest BCUT2D eigenvalue weighted by Gasteiger charge is -2.43. The molecule has 3 nitrogen and oxygen atoms in total. The highest BCUT2D eigenvalue weighted by atomic mass is 79.9. The highest BCUT2D eigenvalue weighted by molar-refractivity contribution is 9.10. The smallest absolute Gasteiger partial charge is 0.0772 e. The van der Waals surface area contributed by atoms with Gasteiger partial charge in [-0.05, 0) is 50.9 Å². The molecule has 0 amide bonds. The highest BCUT2D eigenvalue weighted by Crippen LogP contribution is 2.32. The number of hydrogen-bond donors (Lipinski definition) is 1. The molecule has 3 atom stereocenters. The van der Waals surface area contributed by atoms with Crippen LogP contribution in [0.4, 0.5) is 5.69 Å². The van der Waals surface area contributed by atoms with Crippen molar-refractivity contribution in [1.29, 1.82) is 0 Å². The van der Waals surface area contributed by atoms with E-state index >= 15 is 0 Å². The molecule has 0 radical (unpaired) electrons. The van der Waals surface area contributed by atoms with Crippen LogP contribution in [0.15, 0.2) is 22.7 Å². The highest BCUT2D eigenvalue weighted by Gasteiger charge is 2.34. The predicted octanol–water partition coefficient (Wildman–Crippen LogP) is 3.18. The normalized spacial score (nSPS) is 28.5. The quantitative estimate of drug-likeness (QED) is 0.897. The zero-order valence-corrected chi connectivity index (χ0v) is 13.8. The van der Waals surface area contributed by atoms with E-state index in [1.807, 2.05) is 6.07 Å². The van der Waals surface area contributed by atoms with Crippen molar-refractivity contribution in [1.82, 2.24) is 4.90 Å². The largest absolute Gasteiger partial charge is 0.389 e. The van der Waals surface area contributed by atoms with Crippen LogP contribution in [0.3, 0.4) is 0 Å². The van der Waals surface area contributed by atoms with E-state index in [0.29, 0.717) is 6.04 Å². The van der Waals surface area contributed by atoms with Gasteiger partial charge in [-0.3, -0.25) is 4.90 Å². The van der Waals surface area contributed by atoms with Crippen molar-refractivity contribution in [2.45, 2.75) is 44.9 Å². The third-order valence-electron chi connectivity index (χ3n) is 4.70. The molecule has 4 heteroatoms. The molecule has 3 rings (SSSR count). The number of hydrogen-bond acceptors (Lipinski definition) is 3. The number of piperazine rings is 1. The maximum Gasteiger partial charge on any atom is 0.0772 e. The Morgan fingerprint density at radius 3 is 2.85 bits per heavy atom. The molecule has 1 N–H and O–H groups in total. The Balaban J connectivity index is 1.83. The van der Waals surface area contributed by atoms with Gasteiger partial charge in [0.25, 0.3) is 0 Å². The number of aliphatic hydroxyl groups excluding tert-OH is 1. The number of anilines is 1. The summed E-state index contributed by atoms with van der Waals surface area (Å²) in [4.78, 5) is 5.16. The molecule has 2 aliphatic rings. The van der Waals surface area contributed by atoms with Gasteiger partial charge in [-0.1, -0.05) is 22.0 Å². The van der Waals surface area contributed by atoms with Crippen LogP contribution in [-0.4, -0.2) is 41.7 Å². The predicted molar refractivity (Wildman–Crippen MR) is 86.2 cm³/mol. The third-order valence-corrected chi connectivity index (χ3v) is 5.39. The van der Waals surface area contributed by atoms with Crippen LogP contribution < -0.4 is 4.90 Å². The molecule has 0 aromatic heterocycles. The molecule has 20 heavy (non-hydrogen) atoms. The van der Waals surface area contributed by atoms with Gasteiger partial charge in [-0.2, -0.15) is 0 Å². The van der Waals surface area contributed by atoms with E-state index in [9.17, 15) is 5.11 Å². The summed E-state index contributed by atoms with van der Waals surface area (Å²) in [6.45, 7) is 7.68. The minimum absolute atomic E-state index is 0.428. The zero-order valence-electron chi connectivity index (χ0n) is 12.2. The van der Waals surface area contributed by atoms with Gasteiger partial charge >= 0.3 is 0 Å². The first-order chi connectivity index (χ1) is 9.56. The Morgan fingerprint density at radius 2 is 2.15 bits per heavy atom. The molecule has 2 heterocycles. The van der Waals surface area contributed by atoms with Gasteiger partial charge in [0.05, 0.1) is 6.10 Å². The fraction of sp³-hybridized carbons (Fsp3) is 0.625. The van der Waals surface area contributed by atoms with Crippen molar-refractivity contribution < 1.29 is 5.11 Å². The molecule has 0 spiro atoms. The van der Waals surface area contributed by atoms with Gasteiger partial charge < -0.3 is 10.0 Å². The second-order valence-electron chi connectivity index (χ2n) is 6.17. The molecule has 1 aromatic carbocycles. The summed E-state index contributed by atoms with van der Waals surface area (Å²) in [6.07, 6.45) is 2.24. The Bertz CT molecular complexity index is 491. The van der Waals surface area contributed by atoms with Crippen molar-refractivity contribution in [3.63, 3.8) is 0 Å². The summed E-state index contributed by atoms with van der Waals surface area (Å²) in [5, 5.41) is 9.73. The van der Waals surface area contributed by atoms with Crippen LogP contribution in [0, 0.1) is 0 Å². The number of nitrogens with zero attached hydrogens (tertiary/aromatic N) is 2. The number of aliphatic hydroxyl groups is 1. The molecular weight excluding hydrogens is 316 g/mol. The summed E-state index contributed by atoms with van der Waals surface area (Å²) in [5.41, 5.74) is 2.22. The fourth-order valence-electron chi connectivity index (χ4n) is 3.58. The Morgan fingerprint density at radius 1 is 1.35 bits per heavy atom. The zero-order chi connectivity index (χ0) is 14.3. The molecule has 3 unspecified atom stereocenters. The van der Waals surface area contributed by atoms with E-state index < -0.39 is 6.10 Å². The molecule has 2 aliphatic heterocycles. The van der Waals surface area contributed by atoms with E-state index in [1.165, 1.54) is 31.6 Å². The van der Waals surface area contributed by atoms with Gasteiger partial charge in [0.1, 0.15) is 0 Å². The SMILES string of the molecule is CC(O)c1ccc(N2CC3CCCN3CC2C)cc1Br. The Hall–Kier alpha value is -0.580. The lowest BCUT2D eigenvalue weighted by Crippen LogP contribution is -2.55. The van der Waals surface area contributed by atoms with Crippen LogP contribution in [0.5, 0.6) is 0 Å². The Kier molecular flexibility index (Phi) is 4.07. The van der Waals surface area contributed by atoms with Crippen molar-refractivity contribution >= 4 is 21.6 Å². The molecular formula is C16H23BrN2O. The lowest BCUT2D eigenvalue weighted by atomic mass is 10.1. The van der Waals surface area contributed by atoms with Crippen molar-refractivity contribution in [3.8, 4) is 0 Å². The molecule has 1 aromatic rings. The van der Waals surface area contributed by atoms with Crippen LogP contribution >= 0.6 is 15.9 Å². The summed E-state index contributed by atoms with van der Waals surface area (Å²) >= 11 is 3.59. The van der Waals surface area contributed by atoms with Crippen LogP contribution in [-0.2, 0) is 0 Å². The summed E-state index contributed by atoms with van der Waals surface area (Å²) < 4.78 is 1.01. The van der Waals surface area contributed by atoms with Gasteiger partial charge in [0.2, 0.25) is 0 Å². The molecule has 2 saturated heterocycles. The first kappa shape index (κ1) is 14.4. The third kappa shape index (κ3) is 2.61. The van der Waals surface area contributed by atoms with E-state index in [0.717, 1.165) is 22.6 Å². The van der Waals surface area contributed by atoms with E-state index in [1.54, 1.807) is 6.92 Å². The van der Waals surface area contributed by atoms with Gasteiger partial charge in [-0.25, -0.2) is 0 Å². The number of fused-ring (bicyclic) bond motifs is 1. The number of benzene rings is 1. The first-order valence-corrected chi connectivity index (χ1v) is 8.34. The second-order valence-corrected chi connectivity index (χ2v) is 7.03. The summed E-state index contributed by atoms with van der Waals surface area (Å²) in [5.74, 6) is 0. The van der Waals surface area contributed by atoms with Crippen LogP contribution in [0.2, 0.25) is 0 Å². The number of halogens is 1. The van der Waals surface area contributed by atoms with Crippen LogP contribution in [0.1, 0.15) is 38.4 Å². The van der Waals surface area contributed by atoms with Crippen molar-refractivity contribution in [3.05, 3.63) is 28.2 Å². The molecule has 2 fully saturated rings. The second kappa shape index (κ2) is 5.66. The maximum absolute atomic E-state index is 9.73. The molecule has 0 bridgehead atoms. The van der Waals surface area contributed by atoms with Crippen molar-refractivity contribution in [2.24, 2.45) is 0 Å². The van der Waals surface area contributed by atoms with Gasteiger partial charge in [0, 0.05) is 35.3 Å². The summed E-state index contributed by atoms with van der Waals surface area (Å²) in [6, 6.07) is 7.62. The van der Waals surface area contributed by atoms with E-state index in [4.69, 9.17) is 0 Å².